The zero-order valence-electron chi connectivity index (χ0n) is 13.0. The third kappa shape index (κ3) is 2.27. The minimum absolute atomic E-state index is 0.00741. The number of carbonyl (C=O) groups excluding carboxylic acids is 1. The van der Waals surface area contributed by atoms with Crippen LogP contribution in [-0.4, -0.2) is 28.4 Å². The number of hydrogen-bond acceptors (Lipinski definition) is 4. The molecular weight excluding hydrogens is 306 g/mol. The van der Waals surface area contributed by atoms with Crippen LogP contribution in [0.5, 0.6) is 0 Å². The van der Waals surface area contributed by atoms with Gasteiger partial charge in [-0.25, -0.2) is 0 Å². The van der Waals surface area contributed by atoms with Crippen molar-refractivity contribution in [1.29, 1.82) is 0 Å². The van der Waals surface area contributed by atoms with Crippen LogP contribution in [0.3, 0.4) is 0 Å². The molecule has 6 nitrogen and oxygen atoms in total. The first-order valence-electron chi connectivity index (χ1n) is 8.05. The molecule has 122 valence electrons. The maximum Gasteiger partial charge on any atom is 0.271 e. The van der Waals surface area contributed by atoms with Crippen molar-refractivity contribution in [2.45, 2.75) is 25.0 Å². The van der Waals surface area contributed by atoms with Crippen LogP contribution in [0.2, 0.25) is 0 Å². The van der Waals surface area contributed by atoms with E-state index in [4.69, 9.17) is 0 Å². The number of nitro benzene ring substituents is 1. The van der Waals surface area contributed by atoms with Crippen LogP contribution in [0.1, 0.15) is 24.4 Å². The van der Waals surface area contributed by atoms with Crippen LogP contribution < -0.4 is 4.90 Å². The average Bonchev–Trinajstić information content (AvgIpc) is 3.15. The number of amides is 1. The number of fused-ring (bicyclic) bond motifs is 1. The molecule has 2 aromatic carbocycles. The van der Waals surface area contributed by atoms with Crippen LogP contribution in [0, 0.1) is 10.1 Å². The van der Waals surface area contributed by atoms with E-state index in [1.807, 2.05) is 30.3 Å². The molecule has 24 heavy (non-hydrogen) atoms. The molecule has 0 unspecified atom stereocenters. The Balaban J connectivity index is 1.75. The van der Waals surface area contributed by atoms with Gasteiger partial charge in [-0.15, -0.1) is 0 Å². The monoisotopic (exact) mass is 323 g/mol. The summed E-state index contributed by atoms with van der Waals surface area (Å²) in [7, 11) is 0. The number of nitro groups is 1. The summed E-state index contributed by atoms with van der Waals surface area (Å²) in [6.45, 7) is 0.862. The zero-order chi connectivity index (χ0) is 16.7. The second-order valence-corrected chi connectivity index (χ2v) is 6.16. The van der Waals surface area contributed by atoms with Gasteiger partial charge in [0.15, 0.2) is 0 Å². The van der Waals surface area contributed by atoms with E-state index in [1.54, 1.807) is 17.0 Å². The van der Waals surface area contributed by atoms with E-state index in [0.29, 0.717) is 5.69 Å². The van der Waals surface area contributed by atoms with Crippen molar-refractivity contribution in [2.24, 2.45) is 0 Å². The minimum Gasteiger partial charge on any atom is -0.294 e. The normalized spacial score (nSPS) is 23.5. The van der Waals surface area contributed by atoms with Crippen LogP contribution in [0.25, 0.3) is 0 Å². The smallest absolute Gasteiger partial charge is 0.271 e. The van der Waals surface area contributed by atoms with Gasteiger partial charge >= 0.3 is 0 Å². The Bertz CT molecular complexity index is 793. The van der Waals surface area contributed by atoms with Crippen LogP contribution in [0.4, 0.5) is 11.4 Å². The summed E-state index contributed by atoms with van der Waals surface area (Å²) in [5.74, 6) is -0.00796. The molecule has 0 spiro atoms. The minimum atomic E-state index is -0.425. The summed E-state index contributed by atoms with van der Waals surface area (Å²) in [6.07, 6.45) is 1.88. The highest BCUT2D eigenvalue weighted by atomic mass is 16.6. The third-order valence-corrected chi connectivity index (χ3v) is 4.80. The highest BCUT2D eigenvalue weighted by molar-refractivity contribution is 6.01. The number of anilines is 1. The van der Waals surface area contributed by atoms with Gasteiger partial charge in [0.05, 0.1) is 16.8 Å². The molecule has 2 aliphatic heterocycles. The molecule has 0 N–H and O–H groups in total. The van der Waals surface area contributed by atoms with E-state index >= 15 is 0 Å². The highest BCUT2D eigenvalue weighted by Gasteiger charge is 2.49. The molecule has 2 fully saturated rings. The molecule has 1 amide bonds. The lowest BCUT2D eigenvalue weighted by Crippen LogP contribution is -2.35. The van der Waals surface area contributed by atoms with Crippen molar-refractivity contribution in [3.8, 4) is 0 Å². The van der Waals surface area contributed by atoms with E-state index < -0.39 is 4.92 Å². The molecule has 0 aromatic heterocycles. The summed E-state index contributed by atoms with van der Waals surface area (Å²) in [6, 6.07) is 15.8. The maximum atomic E-state index is 13.1. The number of non-ortho nitro benzene ring substituents is 1. The first kappa shape index (κ1) is 14.8. The van der Waals surface area contributed by atoms with Gasteiger partial charge < -0.3 is 0 Å². The predicted molar refractivity (Wildman–Crippen MR) is 89.5 cm³/mol. The molecule has 2 saturated heterocycles. The number of benzene rings is 2. The van der Waals surface area contributed by atoms with Crippen molar-refractivity contribution < 1.29 is 9.72 Å². The van der Waals surface area contributed by atoms with Gasteiger partial charge in [0.25, 0.3) is 5.69 Å². The summed E-state index contributed by atoms with van der Waals surface area (Å²) in [5, 5.41) is 11.1. The van der Waals surface area contributed by atoms with E-state index in [-0.39, 0.29) is 23.8 Å². The SMILES string of the molecule is O=C1[C@@H](c2ccccc2)N2CCC[C@@H]2N1c1cccc([N+](=O)[O-])c1. The van der Waals surface area contributed by atoms with Gasteiger partial charge in [-0.3, -0.25) is 24.7 Å². The molecular formula is C18H17N3O3. The second-order valence-electron chi connectivity index (χ2n) is 6.16. The first-order chi connectivity index (χ1) is 11.7. The maximum absolute atomic E-state index is 13.1. The van der Waals surface area contributed by atoms with E-state index in [1.165, 1.54) is 12.1 Å². The molecule has 0 bridgehead atoms. The molecule has 0 aliphatic carbocycles. The zero-order valence-corrected chi connectivity index (χ0v) is 13.0. The largest absolute Gasteiger partial charge is 0.294 e. The summed E-state index contributed by atoms with van der Waals surface area (Å²) in [5.41, 5.74) is 1.58. The van der Waals surface area contributed by atoms with Gasteiger partial charge in [0, 0.05) is 18.7 Å². The Hall–Kier alpha value is -2.73. The van der Waals surface area contributed by atoms with Crippen molar-refractivity contribution in [1.82, 2.24) is 4.90 Å². The van der Waals surface area contributed by atoms with E-state index in [0.717, 1.165) is 24.9 Å². The van der Waals surface area contributed by atoms with Crippen molar-refractivity contribution in [2.75, 3.05) is 11.4 Å². The predicted octanol–water partition coefficient (Wildman–Crippen LogP) is 3.10. The van der Waals surface area contributed by atoms with Crippen LogP contribution >= 0.6 is 0 Å². The fourth-order valence-electron chi connectivity index (χ4n) is 3.80. The highest BCUT2D eigenvalue weighted by Crippen LogP contribution is 2.42. The number of carbonyl (C=O) groups is 1. The standard InChI is InChI=1S/C18H17N3O3/c22-18-17(13-6-2-1-3-7-13)19-11-5-10-16(19)20(18)14-8-4-9-15(12-14)21(23)24/h1-4,6-9,12,16-17H,5,10-11H2/t16-,17+/m0/s1. The molecule has 6 heteroatoms. The molecule has 4 rings (SSSR count). The Labute approximate surface area is 139 Å². The Morgan fingerprint density at radius 3 is 2.62 bits per heavy atom. The van der Waals surface area contributed by atoms with Crippen LogP contribution in [0.15, 0.2) is 54.6 Å². The van der Waals surface area contributed by atoms with Gasteiger partial charge in [0.2, 0.25) is 5.91 Å². The molecule has 2 heterocycles. The molecule has 2 aliphatic rings. The fourth-order valence-corrected chi connectivity index (χ4v) is 3.80. The quantitative estimate of drug-likeness (QED) is 0.643. The van der Waals surface area contributed by atoms with E-state index in [2.05, 4.69) is 4.90 Å². The number of hydrogen-bond donors (Lipinski definition) is 0. The van der Waals surface area contributed by atoms with E-state index in [9.17, 15) is 14.9 Å². The van der Waals surface area contributed by atoms with Crippen molar-refractivity contribution in [3.05, 3.63) is 70.3 Å². The Kier molecular flexibility index (Phi) is 3.54. The van der Waals surface area contributed by atoms with Crippen molar-refractivity contribution >= 4 is 17.3 Å². The number of rotatable bonds is 3. The van der Waals surface area contributed by atoms with Gasteiger partial charge in [-0.2, -0.15) is 0 Å². The van der Waals surface area contributed by atoms with Gasteiger partial charge in [-0.05, 0) is 24.5 Å². The van der Waals surface area contributed by atoms with Crippen molar-refractivity contribution in [3.63, 3.8) is 0 Å². The molecule has 2 aromatic rings. The lowest BCUT2D eigenvalue weighted by molar-refractivity contribution is -0.384. The third-order valence-electron chi connectivity index (χ3n) is 4.80. The molecule has 2 atom stereocenters. The topological polar surface area (TPSA) is 66.7 Å². The van der Waals surface area contributed by atoms with Gasteiger partial charge in [-0.1, -0.05) is 36.4 Å². The first-order valence-corrected chi connectivity index (χ1v) is 8.05. The number of nitrogens with zero attached hydrogens (tertiary/aromatic N) is 3. The summed E-state index contributed by atoms with van der Waals surface area (Å²) >= 11 is 0. The molecule has 0 saturated carbocycles. The summed E-state index contributed by atoms with van der Waals surface area (Å²) < 4.78 is 0. The molecule has 0 radical (unpaired) electrons. The lowest BCUT2D eigenvalue weighted by atomic mass is 10.1. The second kappa shape index (κ2) is 5.72. The van der Waals surface area contributed by atoms with Gasteiger partial charge in [0.1, 0.15) is 6.04 Å². The average molecular weight is 323 g/mol. The van der Waals surface area contributed by atoms with Crippen LogP contribution in [-0.2, 0) is 4.79 Å². The summed E-state index contributed by atoms with van der Waals surface area (Å²) in [4.78, 5) is 27.7. The lowest BCUT2D eigenvalue weighted by Gasteiger charge is -2.24. The Morgan fingerprint density at radius 2 is 1.88 bits per heavy atom. The Morgan fingerprint density at radius 1 is 1.08 bits per heavy atom. The fraction of sp³-hybridized carbons (Fsp3) is 0.278.